The van der Waals surface area contributed by atoms with Gasteiger partial charge >= 0.3 is 11.5 Å². The Morgan fingerprint density at radius 2 is 1.21 bits per heavy atom. The highest BCUT2D eigenvalue weighted by Gasteiger charge is 2.20. The molecule has 7 heteroatoms. The number of rotatable bonds is 9. The smallest absolute Gasteiger partial charge is 0.410 e. The van der Waals surface area contributed by atoms with E-state index in [9.17, 15) is 9.59 Å². The monoisotopic (exact) mass is 434 g/mol. The first-order chi connectivity index (χ1) is 13.4. The Hall–Kier alpha value is -1.53. The van der Waals surface area contributed by atoms with E-state index in [1.807, 2.05) is 27.7 Å². The summed E-state index contributed by atoms with van der Waals surface area (Å²) < 4.78 is 9.14. The molecule has 0 aliphatic carbocycles. The molecule has 0 rings (SSSR count). The van der Waals surface area contributed by atoms with Crippen molar-refractivity contribution in [3.63, 3.8) is 0 Å². The lowest BCUT2D eigenvalue weighted by Gasteiger charge is -2.29. The molecule has 0 aromatic rings. The third-order valence-corrected chi connectivity index (χ3v) is 3.76. The summed E-state index contributed by atoms with van der Waals surface area (Å²) in [7, 11) is 0. The van der Waals surface area contributed by atoms with Crippen molar-refractivity contribution >= 4 is 23.1 Å². The molecule has 0 spiro atoms. The van der Waals surface area contributed by atoms with Crippen LogP contribution in [0.1, 0.15) is 62.3 Å². The molecule has 6 nitrogen and oxygen atoms in total. The molecule has 0 bridgehead atoms. The fraction of sp³-hybridized carbons (Fsp3) is 0.727. The number of hydrogen-bond acceptors (Lipinski definition) is 5. The predicted octanol–water partition coefficient (Wildman–Crippen LogP) is 6.10. The zero-order valence-corrected chi connectivity index (χ0v) is 20.7. The van der Waals surface area contributed by atoms with Crippen LogP contribution >= 0.6 is 11.6 Å². The minimum atomic E-state index is -0.792. The molecular formula is C22H43ClN2O4. The number of hydrogen-bond donors (Lipinski definition) is 0. The highest BCUT2D eigenvalue weighted by atomic mass is 35.5. The van der Waals surface area contributed by atoms with Gasteiger partial charge in [-0.15, -0.1) is 0 Å². The third-order valence-electron chi connectivity index (χ3n) is 3.65. The zero-order chi connectivity index (χ0) is 23.6. The predicted molar refractivity (Wildman–Crippen MR) is 124 cm³/mol. The summed E-state index contributed by atoms with van der Waals surface area (Å²) in [5.74, 6) is 0. The maximum Gasteiger partial charge on any atom is 0.410 e. The van der Waals surface area contributed by atoms with E-state index in [1.165, 1.54) is 6.08 Å². The van der Waals surface area contributed by atoms with Gasteiger partial charge in [-0.05, 0) is 61.9 Å². The summed E-state index contributed by atoms with van der Waals surface area (Å²) in [4.78, 5) is 25.3. The first kappa shape index (κ1) is 32.1. The van der Waals surface area contributed by atoms with Gasteiger partial charge in [-0.1, -0.05) is 32.2 Å². The molecule has 0 aromatic heterocycles. The van der Waals surface area contributed by atoms with Gasteiger partial charge in [0.2, 0.25) is 0 Å². The number of carbonyl (C=O) groups is 2. The zero-order valence-electron chi connectivity index (χ0n) is 19.9. The van der Waals surface area contributed by atoms with E-state index in [4.69, 9.17) is 16.3 Å². The van der Waals surface area contributed by atoms with E-state index < -0.39 is 5.43 Å². The fourth-order valence-corrected chi connectivity index (χ4v) is 2.74. The molecule has 0 fully saturated rings. The van der Waals surface area contributed by atoms with E-state index in [1.54, 1.807) is 11.0 Å². The quantitative estimate of drug-likeness (QED) is 0.324. The second-order valence-electron chi connectivity index (χ2n) is 7.32. The highest BCUT2D eigenvalue weighted by molar-refractivity contribution is 6.61. The lowest BCUT2D eigenvalue weighted by Crippen LogP contribution is -2.42. The normalized spacial score (nSPS) is 10.2. The van der Waals surface area contributed by atoms with E-state index in [2.05, 4.69) is 57.4 Å². The molecule has 0 unspecified atom stereocenters. The Morgan fingerprint density at radius 1 is 0.828 bits per heavy atom. The summed E-state index contributed by atoms with van der Waals surface area (Å²) in [6, 6.07) is 1.71. The lowest BCUT2D eigenvalue weighted by molar-refractivity contribution is 0.0876. The van der Waals surface area contributed by atoms with Gasteiger partial charge in [-0.3, -0.25) is 4.90 Å². The summed E-state index contributed by atoms with van der Waals surface area (Å²) >= 11 is 4.75. The van der Waals surface area contributed by atoms with Gasteiger partial charge in [0.15, 0.2) is 0 Å². The van der Waals surface area contributed by atoms with Crippen molar-refractivity contribution in [3.05, 3.63) is 25.3 Å². The molecule has 0 heterocycles. The van der Waals surface area contributed by atoms with Crippen molar-refractivity contribution in [2.24, 2.45) is 0 Å². The van der Waals surface area contributed by atoms with E-state index in [-0.39, 0.29) is 31.4 Å². The average molecular weight is 435 g/mol. The lowest BCUT2D eigenvalue weighted by atomic mass is 10.2. The Kier molecular flexibility index (Phi) is 21.9. The summed E-state index contributed by atoms with van der Waals surface area (Å²) in [6.45, 7) is 27.4. The second-order valence-corrected chi connectivity index (χ2v) is 7.62. The summed E-state index contributed by atoms with van der Waals surface area (Å²) in [6.07, 6.45) is 2.74. The van der Waals surface area contributed by atoms with Crippen LogP contribution in [0.15, 0.2) is 25.3 Å². The summed E-state index contributed by atoms with van der Waals surface area (Å²) in [5, 5.41) is 0. The summed E-state index contributed by atoms with van der Waals surface area (Å²) in [5.41, 5.74) is -0.792. The number of amides is 1. The van der Waals surface area contributed by atoms with Crippen LogP contribution in [0.4, 0.5) is 9.59 Å². The van der Waals surface area contributed by atoms with Gasteiger partial charge < -0.3 is 14.4 Å². The van der Waals surface area contributed by atoms with Gasteiger partial charge in [0.05, 0.1) is 0 Å². The number of ether oxygens (including phenoxy) is 2. The second kappa shape index (κ2) is 19.8. The maximum absolute atomic E-state index is 11.4. The Balaban J connectivity index is -0.000000370. The molecule has 172 valence electrons. The molecule has 0 saturated carbocycles. The maximum atomic E-state index is 11.4. The largest absolute Gasteiger partial charge is 0.449 e. The fourth-order valence-electron chi connectivity index (χ4n) is 2.67. The average Bonchev–Trinajstić information content (AvgIpc) is 2.58. The van der Waals surface area contributed by atoms with Crippen LogP contribution in [-0.4, -0.2) is 65.2 Å². The van der Waals surface area contributed by atoms with Crippen LogP contribution in [0.3, 0.4) is 0 Å². The van der Waals surface area contributed by atoms with Crippen molar-refractivity contribution in [1.82, 2.24) is 9.80 Å². The Bertz CT molecular complexity index is 436. The van der Waals surface area contributed by atoms with Crippen LogP contribution < -0.4 is 0 Å². The molecule has 1 amide bonds. The Morgan fingerprint density at radius 3 is 1.38 bits per heavy atom. The molecule has 0 atom stereocenters. The molecule has 0 N–H and O–H groups in total. The molecule has 0 aliphatic heterocycles. The minimum Gasteiger partial charge on any atom is -0.449 e. The number of halogens is 1. The minimum absolute atomic E-state index is 0.164. The molecule has 29 heavy (non-hydrogen) atoms. The van der Waals surface area contributed by atoms with E-state index >= 15 is 0 Å². The van der Waals surface area contributed by atoms with Gasteiger partial charge in [-0.2, -0.15) is 0 Å². The molecule has 0 aromatic carbocycles. The van der Waals surface area contributed by atoms with Gasteiger partial charge in [0.1, 0.15) is 13.2 Å². The van der Waals surface area contributed by atoms with Gasteiger partial charge in [0, 0.05) is 35.8 Å². The van der Waals surface area contributed by atoms with E-state index in [0.29, 0.717) is 12.1 Å². The van der Waals surface area contributed by atoms with Gasteiger partial charge in [0.25, 0.3) is 0 Å². The molecule has 0 aliphatic rings. The topological polar surface area (TPSA) is 59.1 Å². The van der Waals surface area contributed by atoms with E-state index in [0.717, 1.165) is 6.54 Å². The highest BCUT2D eigenvalue weighted by Crippen LogP contribution is 2.07. The van der Waals surface area contributed by atoms with Gasteiger partial charge in [-0.25, -0.2) is 9.59 Å². The standard InChI is InChI=1S/C10H19NO2.C8H19N.C4H5ClO2/c1-6-7-13-10(12)11(8(2)3)9(4)5;1-6-9(7(2)3)8(4)5;1-2-3-7-4(5)6/h6,8-9H,1,7H2,2-5H3;7-8H,6H2,1-5H3;2H,1,3H2. The van der Waals surface area contributed by atoms with Crippen molar-refractivity contribution < 1.29 is 19.1 Å². The van der Waals surface area contributed by atoms with Crippen LogP contribution in [0.5, 0.6) is 0 Å². The molecule has 0 saturated heterocycles. The van der Waals surface area contributed by atoms with Crippen molar-refractivity contribution in [2.75, 3.05) is 19.8 Å². The van der Waals surface area contributed by atoms with Crippen LogP contribution in [0.2, 0.25) is 0 Å². The molecule has 0 radical (unpaired) electrons. The Labute approximate surface area is 183 Å². The SMILES string of the molecule is C=CCOC(=O)Cl.C=CCOC(=O)N(C(C)C)C(C)C.CCN(C(C)C)C(C)C. The number of nitrogens with zero attached hydrogens (tertiary/aromatic N) is 2. The first-order valence-corrected chi connectivity index (χ1v) is 10.5. The van der Waals surface area contributed by atoms with Crippen LogP contribution in [0, 0.1) is 0 Å². The van der Waals surface area contributed by atoms with Crippen LogP contribution in [0.25, 0.3) is 0 Å². The van der Waals surface area contributed by atoms with Crippen LogP contribution in [-0.2, 0) is 9.47 Å². The molecular weight excluding hydrogens is 392 g/mol. The van der Waals surface area contributed by atoms with Crippen molar-refractivity contribution in [3.8, 4) is 0 Å². The first-order valence-electron chi connectivity index (χ1n) is 10.1. The van der Waals surface area contributed by atoms with Crippen molar-refractivity contribution in [1.29, 1.82) is 0 Å². The third kappa shape index (κ3) is 19.6. The van der Waals surface area contributed by atoms with Crippen molar-refractivity contribution in [2.45, 2.75) is 86.5 Å². The number of carbonyl (C=O) groups excluding carboxylic acids is 2.